The number of nitrogens with two attached hydrogens (primary N) is 1. The number of nitrogens with zero attached hydrogens (tertiary/aromatic N) is 1. The molecular formula is C20H27N3O2. The van der Waals surface area contributed by atoms with Crippen LogP contribution in [0.3, 0.4) is 0 Å². The van der Waals surface area contributed by atoms with Crippen molar-refractivity contribution in [2.45, 2.75) is 20.3 Å². The molecule has 0 aliphatic heterocycles. The highest BCUT2D eigenvalue weighted by Gasteiger charge is 2.17. The van der Waals surface area contributed by atoms with Crippen LogP contribution in [0.15, 0.2) is 59.6 Å². The lowest BCUT2D eigenvalue weighted by Gasteiger charge is -2.22. The third-order valence-electron chi connectivity index (χ3n) is 3.75. The van der Waals surface area contributed by atoms with E-state index in [-0.39, 0.29) is 5.41 Å². The third kappa shape index (κ3) is 6.85. The molecule has 25 heavy (non-hydrogen) atoms. The summed E-state index contributed by atoms with van der Waals surface area (Å²) in [6.45, 7) is 5.65. The Kier molecular flexibility index (Phi) is 6.83. The molecule has 0 aromatic heterocycles. The predicted molar refractivity (Wildman–Crippen MR) is 103 cm³/mol. The van der Waals surface area contributed by atoms with Crippen LogP contribution in [0.1, 0.15) is 20.3 Å². The molecule has 0 spiro atoms. The van der Waals surface area contributed by atoms with Gasteiger partial charge in [0.2, 0.25) is 0 Å². The van der Waals surface area contributed by atoms with Crippen LogP contribution < -0.4 is 15.8 Å². The molecule has 0 radical (unpaired) electrons. The summed E-state index contributed by atoms with van der Waals surface area (Å²) >= 11 is 0. The van der Waals surface area contributed by atoms with Gasteiger partial charge in [0.25, 0.3) is 0 Å². The van der Waals surface area contributed by atoms with Gasteiger partial charge in [0.05, 0.1) is 0 Å². The first-order chi connectivity index (χ1) is 12.0. The number of nitrogens with one attached hydrogen (secondary N) is 1. The highest BCUT2D eigenvalue weighted by atomic mass is 16.5. The summed E-state index contributed by atoms with van der Waals surface area (Å²) in [5.41, 5.74) is 6.89. The third-order valence-corrected chi connectivity index (χ3v) is 3.75. The molecule has 0 bridgehead atoms. The number of hydrogen-bond donors (Lipinski definition) is 2. The van der Waals surface area contributed by atoms with E-state index in [9.17, 15) is 0 Å². The zero-order chi connectivity index (χ0) is 18.1. The van der Waals surface area contributed by atoms with Crippen molar-refractivity contribution in [3.63, 3.8) is 0 Å². The minimum absolute atomic E-state index is 0.0422. The molecule has 0 amide bonds. The molecule has 0 aliphatic rings. The summed E-state index contributed by atoms with van der Waals surface area (Å²) in [4.78, 5) is 4.44. The minimum Gasteiger partial charge on any atom is -0.457 e. The van der Waals surface area contributed by atoms with E-state index in [1.807, 2.05) is 54.6 Å². The van der Waals surface area contributed by atoms with Gasteiger partial charge in [-0.1, -0.05) is 38.1 Å². The Bertz CT molecular complexity index is 684. The second-order valence-electron chi connectivity index (χ2n) is 6.68. The summed E-state index contributed by atoms with van der Waals surface area (Å²) in [5, 5.41) is 3.11. The smallest absolute Gasteiger partial charge is 0.193 e. The van der Waals surface area contributed by atoms with Crippen molar-refractivity contribution >= 4 is 11.6 Å². The summed E-state index contributed by atoms with van der Waals surface area (Å²) in [5.74, 6) is 1.92. The Morgan fingerprint density at radius 2 is 1.80 bits per heavy atom. The number of para-hydroxylation sites is 1. The number of hydrogen-bond acceptors (Lipinski definition) is 3. The van der Waals surface area contributed by atoms with Crippen LogP contribution in [0.2, 0.25) is 0 Å². The normalized spacial score (nSPS) is 12.0. The van der Waals surface area contributed by atoms with Crippen LogP contribution in [-0.2, 0) is 4.74 Å². The van der Waals surface area contributed by atoms with Gasteiger partial charge in [0, 0.05) is 32.0 Å². The molecule has 5 nitrogen and oxygen atoms in total. The zero-order valence-electron chi connectivity index (χ0n) is 15.2. The minimum atomic E-state index is 0.0422. The van der Waals surface area contributed by atoms with Gasteiger partial charge in [-0.25, -0.2) is 0 Å². The molecular weight excluding hydrogens is 314 g/mol. The van der Waals surface area contributed by atoms with Crippen LogP contribution in [0, 0.1) is 5.41 Å². The van der Waals surface area contributed by atoms with Gasteiger partial charge < -0.3 is 20.5 Å². The number of benzene rings is 2. The Morgan fingerprint density at radius 1 is 1.08 bits per heavy atom. The average molecular weight is 341 g/mol. The highest BCUT2D eigenvalue weighted by molar-refractivity contribution is 5.92. The fourth-order valence-corrected chi connectivity index (χ4v) is 2.21. The van der Waals surface area contributed by atoms with Crippen molar-refractivity contribution in [3.8, 4) is 11.5 Å². The molecule has 0 saturated heterocycles. The second kappa shape index (κ2) is 9.08. The lowest BCUT2D eigenvalue weighted by atomic mass is 9.90. The molecule has 0 unspecified atom stereocenters. The zero-order valence-corrected chi connectivity index (χ0v) is 15.2. The van der Waals surface area contributed by atoms with Crippen molar-refractivity contribution in [2.75, 3.05) is 25.6 Å². The standard InChI is InChI=1S/C20H27N3O2/c1-20(2,12-13-24-3)15-22-19(21)23-16-8-7-11-18(14-16)25-17-9-5-4-6-10-17/h4-11,14H,12-13,15H2,1-3H3,(H3,21,22,23). The van der Waals surface area contributed by atoms with E-state index >= 15 is 0 Å². The van der Waals surface area contributed by atoms with E-state index < -0.39 is 0 Å². The molecule has 5 heteroatoms. The van der Waals surface area contributed by atoms with E-state index in [1.165, 1.54) is 0 Å². The lowest BCUT2D eigenvalue weighted by Crippen LogP contribution is -2.26. The Hall–Kier alpha value is -2.53. The first kappa shape index (κ1) is 18.8. The molecule has 0 saturated carbocycles. The van der Waals surface area contributed by atoms with E-state index in [0.717, 1.165) is 23.6 Å². The average Bonchev–Trinajstić information content (AvgIpc) is 2.60. The van der Waals surface area contributed by atoms with Crippen LogP contribution in [0.4, 0.5) is 5.69 Å². The predicted octanol–water partition coefficient (Wildman–Crippen LogP) is 4.27. The van der Waals surface area contributed by atoms with E-state index in [1.54, 1.807) is 7.11 Å². The maximum atomic E-state index is 6.01. The Labute approximate surface area is 149 Å². The number of guanidine groups is 1. The summed E-state index contributed by atoms with van der Waals surface area (Å²) in [6.07, 6.45) is 0.931. The first-order valence-corrected chi connectivity index (χ1v) is 8.37. The number of methoxy groups -OCH3 is 1. The van der Waals surface area contributed by atoms with Gasteiger partial charge >= 0.3 is 0 Å². The summed E-state index contributed by atoms with van der Waals surface area (Å²) in [6, 6.07) is 17.3. The van der Waals surface area contributed by atoms with E-state index in [0.29, 0.717) is 19.1 Å². The molecule has 2 aromatic carbocycles. The molecule has 2 aromatic rings. The van der Waals surface area contributed by atoms with Gasteiger partial charge in [0.1, 0.15) is 11.5 Å². The van der Waals surface area contributed by atoms with Crippen molar-refractivity contribution in [1.82, 2.24) is 0 Å². The molecule has 0 heterocycles. The summed E-state index contributed by atoms with van der Waals surface area (Å²) < 4.78 is 11.0. The second-order valence-corrected chi connectivity index (χ2v) is 6.68. The quantitative estimate of drug-likeness (QED) is 0.556. The van der Waals surface area contributed by atoms with Crippen LogP contribution >= 0.6 is 0 Å². The Balaban J connectivity index is 1.95. The van der Waals surface area contributed by atoms with Gasteiger partial charge in [-0.3, -0.25) is 4.99 Å². The maximum absolute atomic E-state index is 6.01. The number of aliphatic imine (C=N–C) groups is 1. The lowest BCUT2D eigenvalue weighted by molar-refractivity contribution is 0.155. The van der Waals surface area contributed by atoms with Crippen molar-refractivity contribution in [1.29, 1.82) is 0 Å². The highest BCUT2D eigenvalue weighted by Crippen LogP contribution is 2.24. The molecule has 2 rings (SSSR count). The maximum Gasteiger partial charge on any atom is 0.193 e. The molecule has 0 atom stereocenters. The van der Waals surface area contributed by atoms with Crippen LogP contribution in [-0.4, -0.2) is 26.2 Å². The summed E-state index contributed by atoms with van der Waals surface area (Å²) in [7, 11) is 1.71. The van der Waals surface area contributed by atoms with E-state index in [4.69, 9.17) is 15.2 Å². The Morgan fingerprint density at radius 3 is 2.52 bits per heavy atom. The van der Waals surface area contributed by atoms with Crippen LogP contribution in [0.5, 0.6) is 11.5 Å². The number of anilines is 1. The fourth-order valence-electron chi connectivity index (χ4n) is 2.21. The molecule has 0 fully saturated rings. The van der Waals surface area contributed by atoms with Crippen molar-refractivity contribution in [2.24, 2.45) is 16.1 Å². The van der Waals surface area contributed by atoms with E-state index in [2.05, 4.69) is 24.2 Å². The van der Waals surface area contributed by atoms with Crippen LogP contribution in [0.25, 0.3) is 0 Å². The monoisotopic (exact) mass is 341 g/mol. The van der Waals surface area contributed by atoms with Gasteiger partial charge in [-0.2, -0.15) is 0 Å². The van der Waals surface area contributed by atoms with Gasteiger partial charge in [-0.15, -0.1) is 0 Å². The first-order valence-electron chi connectivity index (χ1n) is 8.37. The van der Waals surface area contributed by atoms with Crippen molar-refractivity contribution in [3.05, 3.63) is 54.6 Å². The number of rotatable bonds is 8. The molecule has 0 aliphatic carbocycles. The topological polar surface area (TPSA) is 68.9 Å². The molecule has 134 valence electrons. The SMILES string of the molecule is COCCC(C)(C)CN=C(N)Nc1cccc(Oc2ccccc2)c1. The molecule has 3 N–H and O–H groups in total. The van der Waals surface area contributed by atoms with Crippen molar-refractivity contribution < 1.29 is 9.47 Å². The van der Waals surface area contributed by atoms with Gasteiger partial charge in [0.15, 0.2) is 5.96 Å². The largest absolute Gasteiger partial charge is 0.457 e. The fraction of sp³-hybridized carbons (Fsp3) is 0.350. The number of ether oxygens (including phenoxy) is 2. The van der Waals surface area contributed by atoms with Gasteiger partial charge in [-0.05, 0) is 36.1 Å².